The first kappa shape index (κ1) is 18.4. The SMILES string of the molecule is COc1cc(Nc2cc(-c3ccncc3)nc(NC(C)C)n2)cc(OC)c1. The molecule has 0 fully saturated rings. The van der Waals surface area contributed by atoms with Crippen LogP contribution in [0.25, 0.3) is 11.3 Å². The number of ether oxygens (including phenoxy) is 2. The van der Waals surface area contributed by atoms with Crippen molar-refractivity contribution in [3.8, 4) is 22.8 Å². The zero-order valence-electron chi connectivity index (χ0n) is 15.9. The molecule has 0 aliphatic carbocycles. The Bertz CT molecular complexity index is 878. The maximum absolute atomic E-state index is 5.33. The molecule has 0 amide bonds. The van der Waals surface area contributed by atoms with Gasteiger partial charge in [-0.2, -0.15) is 4.98 Å². The molecule has 2 heterocycles. The molecule has 0 saturated carbocycles. The summed E-state index contributed by atoms with van der Waals surface area (Å²) in [4.78, 5) is 13.3. The van der Waals surface area contributed by atoms with Crippen LogP contribution in [0.1, 0.15) is 13.8 Å². The van der Waals surface area contributed by atoms with Crippen molar-refractivity contribution in [1.29, 1.82) is 0 Å². The quantitative estimate of drug-likeness (QED) is 0.652. The molecular formula is C20H23N5O2. The Morgan fingerprint density at radius 1 is 0.889 bits per heavy atom. The van der Waals surface area contributed by atoms with Gasteiger partial charge in [0, 0.05) is 54.0 Å². The van der Waals surface area contributed by atoms with E-state index in [1.807, 2.05) is 50.2 Å². The Hall–Kier alpha value is -3.35. The van der Waals surface area contributed by atoms with Crippen LogP contribution in [0.5, 0.6) is 11.5 Å². The van der Waals surface area contributed by atoms with Crippen LogP contribution in [0.2, 0.25) is 0 Å². The Balaban J connectivity index is 1.99. The van der Waals surface area contributed by atoms with E-state index in [1.165, 1.54) is 0 Å². The first-order chi connectivity index (χ1) is 13.1. The highest BCUT2D eigenvalue weighted by atomic mass is 16.5. The molecular weight excluding hydrogens is 342 g/mol. The van der Waals surface area contributed by atoms with Crippen molar-refractivity contribution in [2.24, 2.45) is 0 Å². The predicted octanol–water partition coefficient (Wildman–Crippen LogP) is 4.12. The van der Waals surface area contributed by atoms with Gasteiger partial charge in [-0.25, -0.2) is 4.98 Å². The normalized spacial score (nSPS) is 10.6. The van der Waals surface area contributed by atoms with E-state index < -0.39 is 0 Å². The second-order valence-electron chi connectivity index (χ2n) is 6.22. The maximum atomic E-state index is 5.33. The molecule has 3 aromatic rings. The monoisotopic (exact) mass is 365 g/mol. The van der Waals surface area contributed by atoms with Crippen molar-refractivity contribution in [2.75, 3.05) is 24.9 Å². The molecule has 3 rings (SSSR count). The van der Waals surface area contributed by atoms with Gasteiger partial charge in [-0.1, -0.05) is 0 Å². The standard InChI is InChI=1S/C20H23N5O2/c1-13(2)22-20-24-18(14-5-7-21-8-6-14)12-19(25-20)23-15-9-16(26-3)11-17(10-15)27-4/h5-13H,1-4H3,(H2,22,23,24,25). The van der Waals surface area contributed by atoms with Gasteiger partial charge < -0.3 is 20.1 Å². The van der Waals surface area contributed by atoms with E-state index in [2.05, 4.69) is 25.6 Å². The zero-order valence-corrected chi connectivity index (χ0v) is 15.9. The van der Waals surface area contributed by atoms with E-state index >= 15 is 0 Å². The first-order valence-corrected chi connectivity index (χ1v) is 8.63. The molecule has 0 unspecified atom stereocenters. The number of rotatable bonds is 7. The molecule has 7 heteroatoms. The van der Waals surface area contributed by atoms with Crippen molar-refractivity contribution < 1.29 is 9.47 Å². The fourth-order valence-electron chi connectivity index (χ4n) is 2.53. The third-order valence-corrected chi connectivity index (χ3v) is 3.74. The first-order valence-electron chi connectivity index (χ1n) is 8.63. The zero-order chi connectivity index (χ0) is 19.2. The molecule has 0 spiro atoms. The average Bonchev–Trinajstić information content (AvgIpc) is 2.67. The molecule has 7 nitrogen and oxygen atoms in total. The third-order valence-electron chi connectivity index (χ3n) is 3.74. The molecule has 2 N–H and O–H groups in total. The smallest absolute Gasteiger partial charge is 0.225 e. The Labute approximate surface area is 158 Å². The van der Waals surface area contributed by atoms with Gasteiger partial charge >= 0.3 is 0 Å². The van der Waals surface area contributed by atoms with Crippen molar-refractivity contribution in [3.05, 3.63) is 48.8 Å². The van der Waals surface area contributed by atoms with Crippen LogP contribution in [0, 0.1) is 0 Å². The number of hydrogen-bond acceptors (Lipinski definition) is 7. The molecule has 0 bridgehead atoms. The number of benzene rings is 1. The fraction of sp³-hybridized carbons (Fsp3) is 0.250. The molecule has 0 aliphatic heterocycles. The van der Waals surface area contributed by atoms with Crippen molar-refractivity contribution >= 4 is 17.5 Å². The predicted molar refractivity (Wildman–Crippen MR) is 107 cm³/mol. The van der Waals surface area contributed by atoms with Crippen LogP contribution in [-0.4, -0.2) is 35.2 Å². The van der Waals surface area contributed by atoms with Crippen LogP contribution >= 0.6 is 0 Å². The largest absolute Gasteiger partial charge is 0.497 e. The van der Waals surface area contributed by atoms with Gasteiger partial charge in [0.2, 0.25) is 5.95 Å². The van der Waals surface area contributed by atoms with E-state index in [-0.39, 0.29) is 6.04 Å². The third kappa shape index (κ3) is 4.84. The summed E-state index contributed by atoms with van der Waals surface area (Å²) < 4.78 is 10.7. The van der Waals surface area contributed by atoms with Crippen LogP contribution in [0.15, 0.2) is 48.8 Å². The van der Waals surface area contributed by atoms with Gasteiger partial charge in [0.15, 0.2) is 0 Å². The number of nitrogens with one attached hydrogen (secondary N) is 2. The number of aromatic nitrogens is 3. The summed E-state index contributed by atoms with van der Waals surface area (Å²) in [5, 5.41) is 6.57. The second kappa shape index (κ2) is 8.35. The van der Waals surface area contributed by atoms with Crippen molar-refractivity contribution in [3.63, 3.8) is 0 Å². The lowest BCUT2D eigenvalue weighted by atomic mass is 10.2. The Kier molecular flexibility index (Phi) is 5.71. The van der Waals surface area contributed by atoms with Crippen LogP contribution < -0.4 is 20.1 Å². The summed E-state index contributed by atoms with van der Waals surface area (Å²) in [6.07, 6.45) is 3.49. The van der Waals surface area contributed by atoms with Gasteiger partial charge in [-0.3, -0.25) is 4.98 Å². The molecule has 2 aromatic heterocycles. The lowest BCUT2D eigenvalue weighted by molar-refractivity contribution is 0.395. The Morgan fingerprint density at radius 2 is 1.56 bits per heavy atom. The summed E-state index contributed by atoms with van der Waals surface area (Å²) in [5.74, 6) is 2.61. The minimum absolute atomic E-state index is 0.211. The summed E-state index contributed by atoms with van der Waals surface area (Å²) in [7, 11) is 3.24. The second-order valence-corrected chi connectivity index (χ2v) is 6.22. The van der Waals surface area contributed by atoms with Crippen LogP contribution in [-0.2, 0) is 0 Å². The van der Waals surface area contributed by atoms with E-state index in [0.29, 0.717) is 23.3 Å². The Morgan fingerprint density at radius 3 is 2.15 bits per heavy atom. The van der Waals surface area contributed by atoms with Crippen molar-refractivity contribution in [2.45, 2.75) is 19.9 Å². The number of hydrogen-bond donors (Lipinski definition) is 2. The highest BCUT2D eigenvalue weighted by molar-refractivity contribution is 5.68. The van der Waals surface area contributed by atoms with Crippen LogP contribution in [0.4, 0.5) is 17.5 Å². The minimum Gasteiger partial charge on any atom is -0.497 e. The van der Waals surface area contributed by atoms with E-state index in [9.17, 15) is 0 Å². The average molecular weight is 365 g/mol. The number of pyridine rings is 1. The number of anilines is 3. The summed E-state index contributed by atoms with van der Waals surface area (Å²) in [6.45, 7) is 4.09. The molecule has 27 heavy (non-hydrogen) atoms. The van der Waals surface area contributed by atoms with E-state index in [1.54, 1.807) is 26.6 Å². The summed E-state index contributed by atoms with van der Waals surface area (Å²) in [5.41, 5.74) is 2.57. The lowest BCUT2D eigenvalue weighted by Gasteiger charge is -2.14. The van der Waals surface area contributed by atoms with Gasteiger partial charge in [0.25, 0.3) is 0 Å². The summed E-state index contributed by atoms with van der Waals surface area (Å²) >= 11 is 0. The van der Waals surface area contributed by atoms with Crippen LogP contribution in [0.3, 0.4) is 0 Å². The van der Waals surface area contributed by atoms with Crippen molar-refractivity contribution in [1.82, 2.24) is 15.0 Å². The fourth-order valence-corrected chi connectivity index (χ4v) is 2.53. The van der Waals surface area contributed by atoms with Gasteiger partial charge in [0.1, 0.15) is 17.3 Å². The molecule has 0 saturated heterocycles. The minimum atomic E-state index is 0.211. The van der Waals surface area contributed by atoms with Gasteiger partial charge in [-0.15, -0.1) is 0 Å². The van der Waals surface area contributed by atoms with Gasteiger partial charge in [0.05, 0.1) is 19.9 Å². The summed E-state index contributed by atoms with van der Waals surface area (Å²) in [6, 6.07) is 11.5. The highest BCUT2D eigenvalue weighted by Crippen LogP contribution is 2.29. The topological polar surface area (TPSA) is 81.2 Å². The van der Waals surface area contributed by atoms with E-state index in [0.717, 1.165) is 16.9 Å². The molecule has 0 atom stereocenters. The molecule has 0 radical (unpaired) electrons. The maximum Gasteiger partial charge on any atom is 0.225 e. The lowest BCUT2D eigenvalue weighted by Crippen LogP contribution is -2.13. The molecule has 1 aromatic carbocycles. The molecule has 0 aliphatic rings. The highest BCUT2D eigenvalue weighted by Gasteiger charge is 2.09. The van der Waals surface area contributed by atoms with Gasteiger partial charge in [-0.05, 0) is 26.0 Å². The molecule has 140 valence electrons. The number of methoxy groups -OCH3 is 2. The van der Waals surface area contributed by atoms with E-state index in [4.69, 9.17) is 9.47 Å². The number of nitrogens with zero attached hydrogens (tertiary/aromatic N) is 3.